The summed E-state index contributed by atoms with van der Waals surface area (Å²) >= 11 is 0. The molecule has 3 aromatic rings. The van der Waals surface area contributed by atoms with E-state index in [9.17, 15) is 18.0 Å². The van der Waals surface area contributed by atoms with Gasteiger partial charge in [-0.1, -0.05) is 12.1 Å². The van der Waals surface area contributed by atoms with Crippen molar-refractivity contribution in [2.75, 3.05) is 37.0 Å². The average molecular weight is 501 g/mol. The predicted octanol–water partition coefficient (Wildman–Crippen LogP) is 4.34. The average Bonchev–Trinajstić information content (AvgIpc) is 3.24. The van der Waals surface area contributed by atoms with Gasteiger partial charge < -0.3 is 19.9 Å². The number of alkyl halides is 3. The topological polar surface area (TPSA) is 83.5 Å². The summed E-state index contributed by atoms with van der Waals surface area (Å²) in [6.45, 7) is 5.53. The van der Waals surface area contributed by atoms with Crippen LogP contribution in [0.15, 0.2) is 30.3 Å². The third kappa shape index (κ3) is 4.38. The Kier molecular flexibility index (Phi) is 6.09. The number of anilines is 2. The van der Waals surface area contributed by atoms with E-state index in [1.807, 2.05) is 11.0 Å². The Bertz CT molecular complexity index is 1310. The van der Waals surface area contributed by atoms with Gasteiger partial charge in [-0.3, -0.25) is 4.79 Å². The Morgan fingerprint density at radius 1 is 1.19 bits per heavy atom. The van der Waals surface area contributed by atoms with E-state index in [1.54, 1.807) is 27.0 Å². The number of rotatable bonds is 5. The van der Waals surface area contributed by atoms with Gasteiger partial charge in [-0.05, 0) is 44.0 Å². The zero-order valence-corrected chi connectivity index (χ0v) is 20.3. The van der Waals surface area contributed by atoms with E-state index in [-0.39, 0.29) is 11.9 Å². The number of fused-ring (bicyclic) bond motifs is 2. The van der Waals surface area contributed by atoms with Gasteiger partial charge in [-0.15, -0.1) is 5.10 Å². The summed E-state index contributed by atoms with van der Waals surface area (Å²) in [4.78, 5) is 20.9. The van der Waals surface area contributed by atoms with E-state index in [1.165, 1.54) is 6.07 Å². The molecule has 0 bridgehead atoms. The molecule has 36 heavy (non-hydrogen) atoms. The lowest BCUT2D eigenvalue weighted by molar-refractivity contribution is -0.137. The number of aromatic nitrogens is 3. The SMILES string of the molecule is COc1nc2c(C)nnc(N[C@H](C)c3cccc(C(F)(F)F)c3)c2cc1N1CCN2C(=O)CC[C@@H]2C1. The molecule has 0 radical (unpaired) electrons. The van der Waals surface area contributed by atoms with Crippen LogP contribution in [-0.4, -0.2) is 58.8 Å². The lowest BCUT2D eigenvalue weighted by Crippen LogP contribution is -2.51. The summed E-state index contributed by atoms with van der Waals surface area (Å²) in [5.41, 5.74) is 1.76. The summed E-state index contributed by atoms with van der Waals surface area (Å²) in [5.74, 6) is 1.07. The minimum absolute atomic E-state index is 0.155. The molecule has 11 heteroatoms. The Balaban J connectivity index is 1.50. The maximum Gasteiger partial charge on any atom is 0.416 e. The van der Waals surface area contributed by atoms with Crippen LogP contribution in [-0.2, 0) is 11.0 Å². The van der Waals surface area contributed by atoms with E-state index in [0.29, 0.717) is 59.9 Å². The van der Waals surface area contributed by atoms with Crippen molar-refractivity contribution >= 4 is 28.3 Å². The number of nitrogens with zero attached hydrogens (tertiary/aromatic N) is 5. The van der Waals surface area contributed by atoms with Crippen LogP contribution in [0.1, 0.15) is 42.6 Å². The van der Waals surface area contributed by atoms with Gasteiger partial charge in [0.15, 0.2) is 5.82 Å². The molecule has 1 amide bonds. The maximum absolute atomic E-state index is 13.2. The molecule has 2 fully saturated rings. The van der Waals surface area contributed by atoms with Crippen molar-refractivity contribution in [1.29, 1.82) is 0 Å². The molecular formula is C25H27F3N6O2. The van der Waals surface area contributed by atoms with Crippen LogP contribution < -0.4 is 15.0 Å². The number of hydrogen-bond acceptors (Lipinski definition) is 7. The molecular weight excluding hydrogens is 473 g/mol. The molecule has 0 spiro atoms. The number of halogens is 3. The minimum atomic E-state index is -4.42. The molecule has 8 nitrogen and oxygen atoms in total. The first kappa shape index (κ1) is 24.1. The van der Waals surface area contributed by atoms with Gasteiger partial charge in [-0.2, -0.15) is 18.3 Å². The number of nitrogens with one attached hydrogen (secondary N) is 1. The lowest BCUT2D eigenvalue weighted by atomic mass is 10.0. The largest absolute Gasteiger partial charge is 0.480 e. The molecule has 2 saturated heterocycles. The van der Waals surface area contributed by atoms with Crippen molar-refractivity contribution in [3.05, 3.63) is 47.2 Å². The predicted molar refractivity (Wildman–Crippen MR) is 129 cm³/mol. The Hall–Kier alpha value is -3.63. The van der Waals surface area contributed by atoms with Crippen LogP contribution in [0.25, 0.3) is 10.9 Å². The van der Waals surface area contributed by atoms with Crippen molar-refractivity contribution in [1.82, 2.24) is 20.1 Å². The van der Waals surface area contributed by atoms with Gasteiger partial charge in [0.25, 0.3) is 0 Å². The van der Waals surface area contributed by atoms with E-state index < -0.39 is 17.8 Å². The molecule has 2 aliphatic rings. The standard InChI is InChI=1S/C25H27F3N6O2/c1-14(16-5-4-6-17(11-16)25(26,27)28)29-23-19-12-20(24(36-3)30-22(19)15(2)31-32-23)33-9-10-34-18(13-33)7-8-21(34)35/h4-6,11-12,14,18H,7-10,13H2,1-3H3,(H,29,32)/t14-,18-/m1/s1. The summed E-state index contributed by atoms with van der Waals surface area (Å²) in [5, 5.41) is 12.4. The Morgan fingerprint density at radius 3 is 2.75 bits per heavy atom. The van der Waals surface area contributed by atoms with Crippen LogP contribution in [0.4, 0.5) is 24.7 Å². The molecule has 4 heterocycles. The second-order valence-corrected chi connectivity index (χ2v) is 9.26. The quantitative estimate of drug-likeness (QED) is 0.558. The number of pyridine rings is 1. The third-order valence-corrected chi connectivity index (χ3v) is 6.96. The number of piperazine rings is 1. The highest BCUT2D eigenvalue weighted by molar-refractivity contribution is 5.94. The number of ether oxygens (including phenoxy) is 1. The third-order valence-electron chi connectivity index (χ3n) is 6.96. The fourth-order valence-electron chi connectivity index (χ4n) is 5.01. The first-order valence-electron chi connectivity index (χ1n) is 11.9. The minimum Gasteiger partial charge on any atom is -0.480 e. The zero-order valence-electron chi connectivity index (χ0n) is 20.3. The number of carbonyl (C=O) groups excluding carboxylic acids is 1. The summed E-state index contributed by atoms with van der Waals surface area (Å²) < 4.78 is 45.3. The second-order valence-electron chi connectivity index (χ2n) is 9.26. The molecule has 0 saturated carbocycles. The maximum atomic E-state index is 13.2. The highest BCUT2D eigenvalue weighted by atomic mass is 19.4. The number of benzene rings is 1. The highest BCUT2D eigenvalue weighted by Gasteiger charge is 2.36. The van der Waals surface area contributed by atoms with E-state index >= 15 is 0 Å². The Morgan fingerprint density at radius 2 is 2.00 bits per heavy atom. The molecule has 2 atom stereocenters. The molecule has 1 N–H and O–H groups in total. The lowest BCUT2D eigenvalue weighted by Gasteiger charge is -2.39. The van der Waals surface area contributed by atoms with E-state index in [2.05, 4.69) is 20.4 Å². The second kappa shape index (κ2) is 9.11. The number of amides is 1. The van der Waals surface area contributed by atoms with Gasteiger partial charge in [0.1, 0.15) is 11.2 Å². The number of hydrogen-bond donors (Lipinski definition) is 1. The number of carbonyl (C=O) groups is 1. The molecule has 2 aliphatic heterocycles. The zero-order chi connectivity index (χ0) is 25.6. The molecule has 2 aromatic heterocycles. The monoisotopic (exact) mass is 500 g/mol. The fourth-order valence-corrected chi connectivity index (χ4v) is 5.01. The van der Waals surface area contributed by atoms with Gasteiger partial charge in [-0.25, -0.2) is 4.98 Å². The summed E-state index contributed by atoms with van der Waals surface area (Å²) in [7, 11) is 1.56. The van der Waals surface area contributed by atoms with Crippen LogP contribution in [0, 0.1) is 6.92 Å². The van der Waals surface area contributed by atoms with Crippen molar-refractivity contribution in [2.24, 2.45) is 0 Å². The van der Waals surface area contributed by atoms with Crippen molar-refractivity contribution in [3.8, 4) is 5.88 Å². The van der Waals surface area contributed by atoms with Gasteiger partial charge in [0.2, 0.25) is 11.8 Å². The van der Waals surface area contributed by atoms with Crippen LogP contribution in [0.2, 0.25) is 0 Å². The van der Waals surface area contributed by atoms with E-state index in [0.717, 1.165) is 24.2 Å². The van der Waals surface area contributed by atoms with Crippen molar-refractivity contribution in [2.45, 2.75) is 44.9 Å². The molecule has 190 valence electrons. The van der Waals surface area contributed by atoms with Gasteiger partial charge in [0, 0.05) is 37.5 Å². The number of aryl methyl sites for hydroxylation is 1. The smallest absolute Gasteiger partial charge is 0.416 e. The molecule has 1 aromatic carbocycles. The highest BCUT2D eigenvalue weighted by Crippen LogP contribution is 2.37. The first-order chi connectivity index (χ1) is 17.2. The summed E-state index contributed by atoms with van der Waals surface area (Å²) in [6, 6.07) is 6.86. The van der Waals surface area contributed by atoms with Crippen LogP contribution in [0.3, 0.4) is 0 Å². The van der Waals surface area contributed by atoms with E-state index in [4.69, 9.17) is 9.72 Å². The number of methoxy groups -OCH3 is 1. The first-order valence-corrected chi connectivity index (χ1v) is 11.9. The molecule has 5 rings (SSSR count). The van der Waals surface area contributed by atoms with Gasteiger partial charge in [0.05, 0.1) is 24.4 Å². The van der Waals surface area contributed by atoms with Crippen LogP contribution in [0.5, 0.6) is 5.88 Å². The summed E-state index contributed by atoms with van der Waals surface area (Å²) in [6.07, 6.45) is -3.03. The van der Waals surface area contributed by atoms with Crippen molar-refractivity contribution < 1.29 is 22.7 Å². The van der Waals surface area contributed by atoms with Crippen molar-refractivity contribution in [3.63, 3.8) is 0 Å². The normalized spacial score (nSPS) is 18.9. The van der Waals surface area contributed by atoms with Crippen LogP contribution >= 0.6 is 0 Å². The van der Waals surface area contributed by atoms with Gasteiger partial charge >= 0.3 is 6.18 Å². The molecule has 0 aliphatic carbocycles. The molecule has 0 unspecified atom stereocenters. The fraction of sp³-hybridized carbons (Fsp3) is 0.440. The Labute approximate surface area is 206 Å².